The molecule has 6 nitrogen and oxygen atoms in total. The average molecular weight is 366 g/mol. The van der Waals surface area contributed by atoms with E-state index in [0.717, 1.165) is 24.9 Å². The van der Waals surface area contributed by atoms with Crippen molar-refractivity contribution in [1.82, 2.24) is 0 Å². The Morgan fingerprint density at radius 2 is 2.11 bits per heavy atom. The lowest BCUT2D eigenvalue weighted by atomic mass is 10.0. The highest BCUT2D eigenvalue weighted by atomic mass is 16.6. The minimum absolute atomic E-state index is 0.0960. The van der Waals surface area contributed by atoms with Gasteiger partial charge >= 0.3 is 5.69 Å². The molecule has 0 bridgehead atoms. The number of hydrogen-bond acceptors (Lipinski definition) is 4. The summed E-state index contributed by atoms with van der Waals surface area (Å²) in [5, 5.41) is 11.3. The molecule has 0 aromatic heterocycles. The van der Waals surface area contributed by atoms with Crippen molar-refractivity contribution >= 4 is 23.4 Å². The molecule has 0 saturated heterocycles. The molecule has 0 spiro atoms. The van der Waals surface area contributed by atoms with Gasteiger partial charge in [-0.15, -0.1) is 0 Å². The SMILES string of the molecule is CCCOc1ccc(/C=C/C(=O)N2CCCc3ccccc32)cc1[N+](=O)[O-]. The summed E-state index contributed by atoms with van der Waals surface area (Å²) in [6.45, 7) is 3.03. The molecule has 0 saturated carbocycles. The Labute approximate surface area is 158 Å². The Bertz CT molecular complexity index is 876. The number of amides is 1. The number of carbonyl (C=O) groups excluding carboxylic acids is 1. The number of nitro benzene ring substituents is 1. The van der Waals surface area contributed by atoms with Crippen LogP contribution in [0.25, 0.3) is 6.08 Å². The van der Waals surface area contributed by atoms with Crippen molar-refractivity contribution < 1.29 is 14.5 Å². The number of fused-ring (bicyclic) bond motifs is 1. The maximum Gasteiger partial charge on any atom is 0.311 e. The molecule has 0 aliphatic carbocycles. The molecule has 3 rings (SSSR count). The second-order valence-corrected chi connectivity index (χ2v) is 6.39. The molecule has 1 amide bonds. The van der Waals surface area contributed by atoms with Crippen molar-refractivity contribution in [1.29, 1.82) is 0 Å². The molecule has 1 aliphatic rings. The predicted molar refractivity (Wildman–Crippen MR) is 105 cm³/mol. The van der Waals surface area contributed by atoms with E-state index < -0.39 is 4.92 Å². The van der Waals surface area contributed by atoms with Crippen LogP contribution in [0.4, 0.5) is 11.4 Å². The summed E-state index contributed by atoms with van der Waals surface area (Å²) in [5.74, 6) is 0.117. The van der Waals surface area contributed by atoms with Crippen LogP contribution in [0.2, 0.25) is 0 Å². The quantitative estimate of drug-likeness (QED) is 0.432. The lowest BCUT2D eigenvalue weighted by Gasteiger charge is -2.28. The van der Waals surface area contributed by atoms with Crippen LogP contribution in [0, 0.1) is 10.1 Å². The molecule has 1 heterocycles. The highest BCUT2D eigenvalue weighted by Crippen LogP contribution is 2.29. The van der Waals surface area contributed by atoms with Gasteiger partial charge in [-0.2, -0.15) is 0 Å². The number of nitrogens with zero attached hydrogens (tertiary/aromatic N) is 2. The summed E-state index contributed by atoms with van der Waals surface area (Å²) >= 11 is 0. The Balaban J connectivity index is 1.79. The molecule has 0 radical (unpaired) electrons. The summed E-state index contributed by atoms with van der Waals surface area (Å²) in [6, 6.07) is 12.6. The van der Waals surface area contributed by atoms with E-state index in [-0.39, 0.29) is 17.3 Å². The van der Waals surface area contributed by atoms with E-state index in [9.17, 15) is 14.9 Å². The smallest absolute Gasteiger partial charge is 0.311 e. The minimum atomic E-state index is -0.467. The number of benzene rings is 2. The molecule has 140 valence electrons. The number of aryl methyl sites for hydroxylation is 1. The zero-order valence-corrected chi connectivity index (χ0v) is 15.3. The van der Waals surface area contributed by atoms with E-state index >= 15 is 0 Å². The number of nitro groups is 1. The van der Waals surface area contributed by atoms with Crippen LogP contribution in [0.3, 0.4) is 0 Å². The van der Waals surface area contributed by atoms with Crippen LogP contribution in [-0.2, 0) is 11.2 Å². The van der Waals surface area contributed by atoms with Gasteiger partial charge in [0.15, 0.2) is 5.75 Å². The molecule has 0 fully saturated rings. The van der Waals surface area contributed by atoms with Crippen molar-refractivity contribution in [3.63, 3.8) is 0 Å². The molecular formula is C21H22N2O4. The van der Waals surface area contributed by atoms with Crippen LogP contribution in [0.15, 0.2) is 48.5 Å². The topological polar surface area (TPSA) is 72.7 Å². The highest BCUT2D eigenvalue weighted by Gasteiger charge is 2.20. The molecule has 1 aliphatic heterocycles. The lowest BCUT2D eigenvalue weighted by Crippen LogP contribution is -2.34. The van der Waals surface area contributed by atoms with Crippen LogP contribution in [0.5, 0.6) is 5.75 Å². The molecule has 2 aromatic rings. The second-order valence-electron chi connectivity index (χ2n) is 6.39. The van der Waals surface area contributed by atoms with Gasteiger partial charge in [0.2, 0.25) is 0 Å². The summed E-state index contributed by atoms with van der Waals surface area (Å²) in [5.41, 5.74) is 2.59. The fourth-order valence-electron chi connectivity index (χ4n) is 3.13. The fraction of sp³-hybridized carbons (Fsp3) is 0.286. The van der Waals surface area contributed by atoms with Crippen molar-refractivity contribution in [3.05, 3.63) is 69.8 Å². The third kappa shape index (κ3) is 4.34. The second kappa shape index (κ2) is 8.49. The van der Waals surface area contributed by atoms with Crippen LogP contribution in [0.1, 0.15) is 30.9 Å². The Kier molecular flexibility index (Phi) is 5.86. The molecule has 0 N–H and O–H groups in total. The number of carbonyl (C=O) groups is 1. The van der Waals surface area contributed by atoms with Crippen molar-refractivity contribution in [2.75, 3.05) is 18.1 Å². The Morgan fingerprint density at radius 1 is 1.30 bits per heavy atom. The van der Waals surface area contributed by atoms with E-state index in [1.807, 2.05) is 31.2 Å². The number of anilines is 1. The largest absolute Gasteiger partial charge is 0.487 e. The summed E-state index contributed by atoms with van der Waals surface area (Å²) in [7, 11) is 0. The van der Waals surface area contributed by atoms with E-state index in [0.29, 0.717) is 18.7 Å². The van der Waals surface area contributed by atoms with E-state index in [2.05, 4.69) is 0 Å². The van der Waals surface area contributed by atoms with Gasteiger partial charge in [-0.3, -0.25) is 14.9 Å². The van der Waals surface area contributed by atoms with Gasteiger partial charge in [0, 0.05) is 24.4 Å². The first kappa shape index (κ1) is 18.6. The number of hydrogen-bond donors (Lipinski definition) is 0. The summed E-state index contributed by atoms with van der Waals surface area (Å²) in [4.78, 5) is 25.2. The molecule has 6 heteroatoms. The summed E-state index contributed by atoms with van der Waals surface area (Å²) in [6.07, 6.45) is 5.73. The molecule has 2 aromatic carbocycles. The number of rotatable bonds is 6. The summed E-state index contributed by atoms with van der Waals surface area (Å²) < 4.78 is 5.42. The monoisotopic (exact) mass is 366 g/mol. The molecule has 0 unspecified atom stereocenters. The lowest BCUT2D eigenvalue weighted by molar-refractivity contribution is -0.385. The zero-order chi connectivity index (χ0) is 19.2. The Morgan fingerprint density at radius 3 is 2.89 bits per heavy atom. The van der Waals surface area contributed by atoms with Crippen LogP contribution in [-0.4, -0.2) is 24.0 Å². The van der Waals surface area contributed by atoms with Gasteiger partial charge in [0.1, 0.15) is 0 Å². The third-order valence-corrected chi connectivity index (χ3v) is 4.44. The maximum absolute atomic E-state index is 12.6. The van der Waals surface area contributed by atoms with E-state index in [4.69, 9.17) is 4.74 Å². The number of para-hydroxylation sites is 1. The first-order valence-electron chi connectivity index (χ1n) is 9.09. The highest BCUT2D eigenvalue weighted by molar-refractivity contribution is 6.04. The average Bonchev–Trinajstić information content (AvgIpc) is 2.70. The molecule has 27 heavy (non-hydrogen) atoms. The normalized spacial score (nSPS) is 13.4. The third-order valence-electron chi connectivity index (χ3n) is 4.44. The van der Waals surface area contributed by atoms with Gasteiger partial charge in [0.05, 0.1) is 11.5 Å². The standard InChI is InChI=1S/C21H22N2O4/c1-2-14-27-20-11-9-16(15-19(20)23(25)26)10-12-21(24)22-13-5-7-17-6-3-4-8-18(17)22/h3-4,6,8-12,15H,2,5,7,13-14H2,1H3/b12-10+. The van der Waals surface area contributed by atoms with Crippen LogP contribution < -0.4 is 9.64 Å². The van der Waals surface area contributed by atoms with Crippen molar-refractivity contribution in [2.24, 2.45) is 0 Å². The van der Waals surface area contributed by atoms with Crippen molar-refractivity contribution in [2.45, 2.75) is 26.2 Å². The van der Waals surface area contributed by atoms with Gasteiger partial charge < -0.3 is 9.64 Å². The van der Waals surface area contributed by atoms with E-state index in [1.165, 1.54) is 17.7 Å². The van der Waals surface area contributed by atoms with Crippen molar-refractivity contribution in [3.8, 4) is 5.75 Å². The number of ether oxygens (including phenoxy) is 1. The van der Waals surface area contributed by atoms with Gasteiger partial charge in [-0.25, -0.2) is 0 Å². The molecular weight excluding hydrogens is 344 g/mol. The maximum atomic E-state index is 12.6. The fourth-order valence-corrected chi connectivity index (χ4v) is 3.13. The molecule has 0 atom stereocenters. The first-order chi connectivity index (χ1) is 13.1. The Hall–Kier alpha value is -3.15. The predicted octanol–water partition coefficient (Wildman–Crippen LogP) is 4.38. The van der Waals surface area contributed by atoms with Gasteiger partial charge in [-0.1, -0.05) is 31.2 Å². The van der Waals surface area contributed by atoms with Crippen LogP contribution >= 0.6 is 0 Å². The zero-order valence-electron chi connectivity index (χ0n) is 15.3. The van der Waals surface area contributed by atoms with Gasteiger partial charge in [-0.05, 0) is 48.6 Å². The first-order valence-corrected chi connectivity index (χ1v) is 9.09. The minimum Gasteiger partial charge on any atom is -0.487 e. The van der Waals surface area contributed by atoms with E-state index in [1.54, 1.807) is 23.1 Å². The van der Waals surface area contributed by atoms with Gasteiger partial charge in [0.25, 0.3) is 5.91 Å².